The van der Waals surface area contributed by atoms with E-state index in [0.29, 0.717) is 5.69 Å². The maximum Gasteiger partial charge on any atom is 0.411 e. The fraction of sp³-hybridized carbons (Fsp3) is 0.231. The second kappa shape index (κ2) is 9.74. The minimum Gasteiger partial charge on any atom is -0.480 e. The molecule has 0 saturated carbocycles. The summed E-state index contributed by atoms with van der Waals surface area (Å²) in [6, 6.07) is 18.1. The first-order valence-electron chi connectivity index (χ1n) is 11.0. The molecule has 3 aromatic rings. The molecule has 0 aliphatic heterocycles. The molecule has 3 N–H and O–H groups in total. The second-order valence-electron chi connectivity index (χ2n) is 8.42. The number of anilines is 1. The van der Waals surface area contributed by atoms with Gasteiger partial charge in [0.15, 0.2) is 0 Å². The normalized spacial score (nSPS) is 13.0. The summed E-state index contributed by atoms with van der Waals surface area (Å²) in [6.45, 7) is 3.58. The average molecular weight is 460 g/mol. The van der Waals surface area contributed by atoms with Crippen LogP contribution in [0.3, 0.4) is 0 Å². The van der Waals surface area contributed by atoms with E-state index in [0.717, 1.165) is 22.3 Å². The molecule has 0 bridgehead atoms. The summed E-state index contributed by atoms with van der Waals surface area (Å²) < 4.78 is 5.50. The molecule has 8 heteroatoms. The Kier molecular flexibility index (Phi) is 6.58. The number of nitrogens with zero attached hydrogens (tertiary/aromatic N) is 1. The minimum absolute atomic E-state index is 0.0463. The number of pyridine rings is 1. The number of rotatable bonds is 7. The van der Waals surface area contributed by atoms with Gasteiger partial charge in [0.25, 0.3) is 5.91 Å². The Morgan fingerprint density at radius 2 is 1.59 bits per heavy atom. The Labute approximate surface area is 197 Å². The number of ether oxygens (including phenoxy) is 1. The van der Waals surface area contributed by atoms with Crippen LogP contribution < -0.4 is 10.6 Å². The summed E-state index contributed by atoms with van der Waals surface area (Å²) in [7, 11) is 0. The number of fused-ring (bicyclic) bond motifs is 3. The van der Waals surface area contributed by atoms with Crippen molar-refractivity contribution in [1.29, 1.82) is 0 Å². The van der Waals surface area contributed by atoms with Crippen LogP contribution in [-0.2, 0) is 9.53 Å². The van der Waals surface area contributed by atoms with E-state index in [1.54, 1.807) is 13.8 Å². The highest BCUT2D eigenvalue weighted by atomic mass is 16.5. The number of hydrogen-bond donors (Lipinski definition) is 3. The summed E-state index contributed by atoms with van der Waals surface area (Å²) >= 11 is 0. The van der Waals surface area contributed by atoms with Gasteiger partial charge in [0.1, 0.15) is 18.3 Å². The van der Waals surface area contributed by atoms with Crippen LogP contribution in [0.4, 0.5) is 10.5 Å². The molecule has 4 rings (SSSR count). The fourth-order valence-electron chi connectivity index (χ4n) is 4.08. The fourth-order valence-corrected chi connectivity index (χ4v) is 4.08. The number of carboxylic acid groups (broad SMARTS) is 1. The summed E-state index contributed by atoms with van der Waals surface area (Å²) in [6.07, 6.45) is 0.688. The van der Waals surface area contributed by atoms with Gasteiger partial charge in [-0.05, 0) is 40.3 Å². The Hall–Kier alpha value is -4.20. The van der Waals surface area contributed by atoms with Crippen LogP contribution in [-0.4, -0.2) is 40.7 Å². The van der Waals surface area contributed by atoms with E-state index >= 15 is 0 Å². The molecule has 0 spiro atoms. The first-order chi connectivity index (χ1) is 16.3. The largest absolute Gasteiger partial charge is 0.480 e. The van der Waals surface area contributed by atoms with E-state index in [1.165, 1.54) is 18.3 Å². The van der Waals surface area contributed by atoms with Crippen molar-refractivity contribution in [2.24, 2.45) is 5.92 Å². The zero-order valence-corrected chi connectivity index (χ0v) is 18.8. The average Bonchev–Trinajstić information content (AvgIpc) is 3.15. The molecular formula is C26H25N3O5. The minimum atomic E-state index is -1.11. The van der Waals surface area contributed by atoms with Crippen molar-refractivity contribution in [2.75, 3.05) is 11.9 Å². The molecule has 8 nitrogen and oxygen atoms in total. The molecule has 0 unspecified atom stereocenters. The van der Waals surface area contributed by atoms with Crippen molar-refractivity contribution in [1.82, 2.24) is 10.3 Å². The third-order valence-electron chi connectivity index (χ3n) is 5.81. The summed E-state index contributed by atoms with van der Waals surface area (Å²) in [4.78, 5) is 40.0. The van der Waals surface area contributed by atoms with E-state index < -0.39 is 24.0 Å². The predicted molar refractivity (Wildman–Crippen MR) is 127 cm³/mol. The van der Waals surface area contributed by atoms with Crippen molar-refractivity contribution >= 4 is 23.7 Å². The summed E-state index contributed by atoms with van der Waals surface area (Å²) in [5.41, 5.74) is 4.93. The zero-order chi connectivity index (χ0) is 24.2. The maximum absolute atomic E-state index is 12.4. The van der Waals surface area contributed by atoms with Crippen LogP contribution in [0.5, 0.6) is 0 Å². The Bertz CT molecular complexity index is 1180. The zero-order valence-electron chi connectivity index (χ0n) is 18.8. The van der Waals surface area contributed by atoms with Crippen molar-refractivity contribution in [3.05, 3.63) is 83.7 Å². The topological polar surface area (TPSA) is 118 Å². The van der Waals surface area contributed by atoms with Crippen LogP contribution in [0.2, 0.25) is 0 Å². The van der Waals surface area contributed by atoms with Gasteiger partial charge in [-0.25, -0.2) is 14.6 Å². The molecule has 1 aliphatic carbocycles. The standard InChI is InChI=1S/C26H25N3O5/c1-15(2)23(25(31)32)29-24(30)22-12-11-16(13-27-22)28-26(33)34-14-21-19-9-5-3-7-17(19)18-8-4-6-10-20(18)21/h3-13,15,21,23H,14H2,1-2H3,(H,28,33)(H,29,30)(H,31,32)/t23-/m0/s1. The van der Waals surface area contributed by atoms with Crippen LogP contribution in [0.1, 0.15) is 41.4 Å². The number of nitrogens with one attached hydrogen (secondary N) is 2. The third kappa shape index (κ3) is 4.76. The van der Waals surface area contributed by atoms with Crippen LogP contribution >= 0.6 is 0 Å². The molecule has 1 aromatic heterocycles. The number of aliphatic carboxylic acids is 1. The highest BCUT2D eigenvalue weighted by Gasteiger charge is 2.29. The Balaban J connectivity index is 1.36. The van der Waals surface area contributed by atoms with E-state index in [1.807, 2.05) is 36.4 Å². The van der Waals surface area contributed by atoms with Gasteiger partial charge in [0.2, 0.25) is 0 Å². The molecule has 2 amide bonds. The monoisotopic (exact) mass is 459 g/mol. The van der Waals surface area contributed by atoms with Gasteiger partial charge >= 0.3 is 12.1 Å². The van der Waals surface area contributed by atoms with Gasteiger partial charge < -0.3 is 15.2 Å². The van der Waals surface area contributed by atoms with Crippen LogP contribution in [0, 0.1) is 5.92 Å². The van der Waals surface area contributed by atoms with Gasteiger partial charge in [-0.1, -0.05) is 62.4 Å². The molecule has 1 heterocycles. The van der Waals surface area contributed by atoms with Crippen molar-refractivity contribution in [3.8, 4) is 11.1 Å². The summed E-state index contributed by atoms with van der Waals surface area (Å²) in [5.74, 6) is -2.05. The molecule has 2 aromatic carbocycles. The quantitative estimate of drug-likeness (QED) is 0.485. The molecule has 0 radical (unpaired) electrons. The number of carbonyl (C=O) groups is 3. The number of amides is 2. The smallest absolute Gasteiger partial charge is 0.411 e. The van der Waals surface area contributed by atoms with Gasteiger partial charge in [0, 0.05) is 5.92 Å². The van der Waals surface area contributed by atoms with Crippen molar-refractivity contribution in [3.63, 3.8) is 0 Å². The molecule has 0 saturated heterocycles. The highest BCUT2D eigenvalue weighted by molar-refractivity contribution is 5.95. The first kappa shape index (κ1) is 23.0. The van der Waals surface area contributed by atoms with Gasteiger partial charge in [-0.3, -0.25) is 10.1 Å². The lowest BCUT2D eigenvalue weighted by atomic mass is 9.98. The molecule has 174 valence electrons. The van der Waals surface area contributed by atoms with E-state index in [-0.39, 0.29) is 24.1 Å². The van der Waals surface area contributed by atoms with Crippen molar-refractivity contribution < 1.29 is 24.2 Å². The number of aromatic nitrogens is 1. The van der Waals surface area contributed by atoms with Gasteiger partial charge in [-0.15, -0.1) is 0 Å². The molecule has 1 aliphatic rings. The second-order valence-corrected chi connectivity index (χ2v) is 8.42. The SMILES string of the molecule is CC(C)[C@H](NC(=O)c1ccc(NC(=O)OCC2c3ccccc3-c3ccccc32)cn1)C(=O)O. The number of carboxylic acids is 1. The highest BCUT2D eigenvalue weighted by Crippen LogP contribution is 2.44. The lowest BCUT2D eigenvalue weighted by Gasteiger charge is -2.17. The third-order valence-corrected chi connectivity index (χ3v) is 5.81. The van der Waals surface area contributed by atoms with Crippen LogP contribution in [0.15, 0.2) is 66.9 Å². The Morgan fingerprint density at radius 1 is 0.971 bits per heavy atom. The lowest BCUT2D eigenvalue weighted by molar-refractivity contribution is -0.140. The number of hydrogen-bond acceptors (Lipinski definition) is 5. The van der Waals surface area contributed by atoms with Crippen molar-refractivity contribution in [2.45, 2.75) is 25.8 Å². The van der Waals surface area contributed by atoms with E-state index in [9.17, 15) is 19.5 Å². The summed E-state index contributed by atoms with van der Waals surface area (Å²) in [5, 5.41) is 14.3. The molecule has 0 fully saturated rings. The van der Waals surface area contributed by atoms with Gasteiger partial charge in [-0.2, -0.15) is 0 Å². The lowest BCUT2D eigenvalue weighted by Crippen LogP contribution is -2.44. The van der Waals surface area contributed by atoms with Gasteiger partial charge in [0.05, 0.1) is 11.9 Å². The molecule has 34 heavy (non-hydrogen) atoms. The first-order valence-corrected chi connectivity index (χ1v) is 11.0. The van der Waals surface area contributed by atoms with E-state index in [4.69, 9.17) is 4.74 Å². The molecular weight excluding hydrogens is 434 g/mol. The predicted octanol–water partition coefficient (Wildman–Crippen LogP) is 4.28. The van der Waals surface area contributed by atoms with Crippen LogP contribution in [0.25, 0.3) is 11.1 Å². The Morgan fingerprint density at radius 3 is 2.12 bits per heavy atom. The van der Waals surface area contributed by atoms with E-state index in [2.05, 4.69) is 27.8 Å². The number of carbonyl (C=O) groups excluding carboxylic acids is 2. The maximum atomic E-state index is 12.4. The number of benzene rings is 2. The molecule has 1 atom stereocenters.